The number of non-ortho nitro benzene ring substituents is 1. The Morgan fingerprint density at radius 1 is 1.40 bits per heavy atom. The average molecular weight is 296 g/mol. The second kappa shape index (κ2) is 8.01. The Morgan fingerprint density at radius 3 is 2.50 bits per heavy atom. The number of Topliss-reactive ketones (excluding diaryl/α,β-unsaturated/α-hetero) is 1. The van der Waals surface area contributed by atoms with Crippen molar-refractivity contribution < 1.29 is 9.72 Å². The van der Waals surface area contributed by atoms with Gasteiger partial charge in [-0.25, -0.2) is 0 Å². The minimum absolute atomic E-state index is 0.00300. The van der Waals surface area contributed by atoms with Crippen molar-refractivity contribution in [3.8, 4) is 0 Å². The number of carbonyl (C=O) groups is 1. The van der Waals surface area contributed by atoms with Gasteiger partial charge in [-0.1, -0.05) is 0 Å². The molecule has 5 nitrogen and oxygen atoms in total. The molecule has 0 amide bonds. The fourth-order valence-corrected chi connectivity index (χ4v) is 2.33. The Kier molecular flexibility index (Phi) is 6.67. The molecular formula is C14H20N2O3S. The SMILES string of the molecule is CSCCC(C)N(C)CC(=O)c1ccc([N+](=O)[O-])cc1. The van der Waals surface area contributed by atoms with Gasteiger partial charge in [0.2, 0.25) is 0 Å². The molecule has 0 saturated carbocycles. The van der Waals surface area contributed by atoms with Gasteiger partial charge in [-0.05, 0) is 44.5 Å². The average Bonchev–Trinajstić information content (AvgIpc) is 2.44. The van der Waals surface area contributed by atoms with Crippen molar-refractivity contribution in [2.45, 2.75) is 19.4 Å². The van der Waals surface area contributed by atoms with Gasteiger partial charge in [0.1, 0.15) is 0 Å². The van der Waals surface area contributed by atoms with Gasteiger partial charge in [0.05, 0.1) is 11.5 Å². The fraction of sp³-hybridized carbons (Fsp3) is 0.500. The molecule has 0 aliphatic carbocycles. The Morgan fingerprint density at radius 2 is 2.00 bits per heavy atom. The summed E-state index contributed by atoms with van der Waals surface area (Å²) >= 11 is 1.79. The number of benzene rings is 1. The van der Waals surface area contributed by atoms with E-state index >= 15 is 0 Å². The van der Waals surface area contributed by atoms with Gasteiger partial charge in [0.15, 0.2) is 5.78 Å². The van der Waals surface area contributed by atoms with E-state index in [0.29, 0.717) is 18.2 Å². The molecule has 0 aliphatic heterocycles. The number of nitrogens with zero attached hydrogens (tertiary/aromatic N) is 2. The summed E-state index contributed by atoms with van der Waals surface area (Å²) in [7, 11) is 1.92. The molecule has 0 fully saturated rings. The van der Waals surface area contributed by atoms with Crippen LogP contribution in [-0.4, -0.2) is 47.2 Å². The number of thioether (sulfide) groups is 1. The van der Waals surface area contributed by atoms with E-state index < -0.39 is 4.92 Å². The summed E-state index contributed by atoms with van der Waals surface area (Å²) in [5.41, 5.74) is 0.516. The molecule has 0 heterocycles. The lowest BCUT2D eigenvalue weighted by molar-refractivity contribution is -0.384. The van der Waals surface area contributed by atoms with Crippen LogP contribution in [-0.2, 0) is 0 Å². The molecule has 0 radical (unpaired) electrons. The molecule has 20 heavy (non-hydrogen) atoms. The van der Waals surface area contributed by atoms with Crippen LogP contribution >= 0.6 is 11.8 Å². The highest BCUT2D eigenvalue weighted by Crippen LogP contribution is 2.13. The number of hydrogen-bond acceptors (Lipinski definition) is 5. The number of likely N-dealkylation sites (N-methyl/N-ethyl adjacent to an activating group) is 1. The maximum Gasteiger partial charge on any atom is 0.269 e. The summed E-state index contributed by atoms with van der Waals surface area (Å²) in [5, 5.41) is 10.6. The van der Waals surface area contributed by atoms with E-state index in [1.165, 1.54) is 24.3 Å². The molecule has 1 unspecified atom stereocenters. The highest BCUT2D eigenvalue weighted by molar-refractivity contribution is 7.98. The number of nitro benzene ring substituents is 1. The normalized spacial score (nSPS) is 12.4. The summed E-state index contributed by atoms with van der Waals surface area (Å²) in [5.74, 6) is 1.05. The lowest BCUT2D eigenvalue weighted by atomic mass is 10.1. The molecule has 1 rings (SSSR count). The third kappa shape index (κ3) is 4.94. The second-order valence-corrected chi connectivity index (χ2v) is 5.76. The minimum atomic E-state index is -0.467. The van der Waals surface area contributed by atoms with Gasteiger partial charge in [0.25, 0.3) is 5.69 Å². The quantitative estimate of drug-likeness (QED) is 0.419. The zero-order chi connectivity index (χ0) is 15.1. The zero-order valence-corrected chi connectivity index (χ0v) is 12.9. The van der Waals surface area contributed by atoms with Gasteiger partial charge in [-0.3, -0.25) is 19.8 Å². The molecule has 0 aromatic heterocycles. The van der Waals surface area contributed by atoms with Gasteiger partial charge in [-0.15, -0.1) is 0 Å². The smallest absolute Gasteiger partial charge is 0.269 e. The Hall–Kier alpha value is -1.40. The van der Waals surface area contributed by atoms with Crippen LogP contribution in [0.1, 0.15) is 23.7 Å². The summed E-state index contributed by atoms with van der Waals surface area (Å²) in [6.45, 7) is 2.42. The second-order valence-electron chi connectivity index (χ2n) is 4.77. The fourth-order valence-electron chi connectivity index (χ4n) is 1.75. The monoisotopic (exact) mass is 296 g/mol. The number of carbonyl (C=O) groups excluding carboxylic acids is 1. The molecule has 0 saturated heterocycles. The Labute approximate surface area is 123 Å². The molecule has 1 aromatic carbocycles. The van der Waals surface area contributed by atoms with Crippen LogP contribution in [0.5, 0.6) is 0 Å². The van der Waals surface area contributed by atoms with Crippen LogP contribution in [0.3, 0.4) is 0 Å². The lowest BCUT2D eigenvalue weighted by Crippen LogP contribution is -2.34. The molecule has 110 valence electrons. The number of ketones is 1. The molecule has 0 N–H and O–H groups in total. The summed E-state index contributed by atoms with van der Waals surface area (Å²) in [4.78, 5) is 24.2. The maximum atomic E-state index is 12.1. The van der Waals surface area contributed by atoms with E-state index in [0.717, 1.165) is 12.2 Å². The summed E-state index contributed by atoms with van der Waals surface area (Å²) in [6.07, 6.45) is 3.10. The van der Waals surface area contributed by atoms with E-state index in [-0.39, 0.29) is 11.5 Å². The first-order valence-electron chi connectivity index (χ1n) is 6.42. The van der Waals surface area contributed by atoms with Crippen molar-refractivity contribution in [3.63, 3.8) is 0 Å². The van der Waals surface area contributed by atoms with Crippen molar-refractivity contribution >= 4 is 23.2 Å². The van der Waals surface area contributed by atoms with Gasteiger partial charge >= 0.3 is 0 Å². The van der Waals surface area contributed by atoms with Crippen LogP contribution in [0.15, 0.2) is 24.3 Å². The van der Waals surface area contributed by atoms with Crippen LogP contribution in [0, 0.1) is 10.1 Å². The molecule has 0 aliphatic rings. The lowest BCUT2D eigenvalue weighted by Gasteiger charge is -2.23. The van der Waals surface area contributed by atoms with Crippen molar-refractivity contribution in [2.24, 2.45) is 0 Å². The number of hydrogen-bond donors (Lipinski definition) is 0. The Balaban J connectivity index is 2.59. The van der Waals surface area contributed by atoms with E-state index in [1.807, 2.05) is 11.9 Å². The predicted octanol–water partition coefficient (Wildman–Crippen LogP) is 2.85. The first-order chi connectivity index (χ1) is 9.45. The predicted molar refractivity (Wildman–Crippen MR) is 82.5 cm³/mol. The number of rotatable bonds is 8. The summed E-state index contributed by atoms with van der Waals surface area (Å²) < 4.78 is 0. The van der Waals surface area contributed by atoms with Crippen molar-refractivity contribution in [3.05, 3.63) is 39.9 Å². The summed E-state index contributed by atoms with van der Waals surface area (Å²) in [6, 6.07) is 6.10. The first kappa shape index (κ1) is 16.7. The Bertz CT molecular complexity index is 462. The van der Waals surface area contributed by atoms with Gasteiger partial charge in [0, 0.05) is 23.7 Å². The van der Waals surface area contributed by atoms with Crippen LogP contribution in [0.2, 0.25) is 0 Å². The molecule has 1 aromatic rings. The molecule has 0 bridgehead atoms. The van der Waals surface area contributed by atoms with Crippen molar-refractivity contribution in [1.29, 1.82) is 0 Å². The third-order valence-corrected chi connectivity index (χ3v) is 3.93. The van der Waals surface area contributed by atoms with Gasteiger partial charge in [-0.2, -0.15) is 11.8 Å². The molecular weight excluding hydrogens is 276 g/mol. The zero-order valence-electron chi connectivity index (χ0n) is 12.0. The molecule has 1 atom stereocenters. The standard InChI is InChI=1S/C14H20N2O3S/c1-11(8-9-20-3)15(2)10-14(17)12-4-6-13(7-5-12)16(18)19/h4-7,11H,8-10H2,1-3H3. The first-order valence-corrected chi connectivity index (χ1v) is 7.82. The van der Waals surface area contributed by atoms with Crippen LogP contribution < -0.4 is 0 Å². The molecule has 0 spiro atoms. The van der Waals surface area contributed by atoms with Crippen LogP contribution in [0.4, 0.5) is 5.69 Å². The van der Waals surface area contributed by atoms with Crippen molar-refractivity contribution in [1.82, 2.24) is 4.90 Å². The van der Waals surface area contributed by atoms with E-state index in [4.69, 9.17) is 0 Å². The molecule has 6 heteroatoms. The van der Waals surface area contributed by atoms with Gasteiger partial charge < -0.3 is 0 Å². The third-order valence-electron chi connectivity index (χ3n) is 3.29. The highest BCUT2D eigenvalue weighted by atomic mass is 32.2. The van der Waals surface area contributed by atoms with E-state index in [2.05, 4.69) is 13.2 Å². The van der Waals surface area contributed by atoms with E-state index in [9.17, 15) is 14.9 Å². The number of nitro groups is 1. The van der Waals surface area contributed by atoms with Crippen LogP contribution in [0.25, 0.3) is 0 Å². The minimum Gasteiger partial charge on any atom is -0.296 e. The maximum absolute atomic E-state index is 12.1. The topological polar surface area (TPSA) is 63.5 Å². The van der Waals surface area contributed by atoms with E-state index in [1.54, 1.807) is 11.8 Å². The van der Waals surface area contributed by atoms with Crippen molar-refractivity contribution in [2.75, 3.05) is 25.6 Å². The highest BCUT2D eigenvalue weighted by Gasteiger charge is 2.15. The largest absolute Gasteiger partial charge is 0.296 e.